The zero-order chi connectivity index (χ0) is 5.78. The summed E-state index contributed by atoms with van der Waals surface area (Å²) >= 11 is 0. The van der Waals surface area contributed by atoms with Crippen LogP contribution in [0.3, 0.4) is 0 Å². The lowest BCUT2D eigenvalue weighted by atomic mass is 10.1. The Morgan fingerprint density at radius 1 is 1.50 bits per heavy atom. The lowest BCUT2D eigenvalue weighted by Crippen LogP contribution is -2.02. The van der Waals surface area contributed by atoms with Gasteiger partial charge in [-0.3, -0.25) is 0 Å². The van der Waals surface area contributed by atoms with Crippen LogP contribution in [0.1, 0.15) is 20.3 Å². The smallest absolute Gasteiger partial charge is 0.0664 e. The van der Waals surface area contributed by atoms with Crippen LogP contribution in [0.4, 0.5) is 0 Å². The number of hydrogen-bond donors (Lipinski definition) is 0. The predicted octanol–water partition coefficient (Wildman–Crippen LogP) is 1.43. The Bertz CT molecular complexity index is 106. The third kappa shape index (κ3) is 0.368. The normalized spacial score (nSPS) is 48.8. The topological polar surface area (TPSA) is 9.23 Å². The van der Waals surface area contributed by atoms with Crippen molar-refractivity contribution in [3.63, 3.8) is 0 Å². The SMILES string of the molecule is CC1(C)[C@@H]2CCO[C@H]21. The Morgan fingerprint density at radius 2 is 2.25 bits per heavy atom. The molecule has 1 saturated carbocycles. The molecule has 1 nitrogen and oxygen atoms in total. The molecule has 1 saturated heterocycles. The highest BCUT2D eigenvalue weighted by Crippen LogP contribution is 2.59. The molecule has 0 aromatic heterocycles. The molecule has 8 heavy (non-hydrogen) atoms. The summed E-state index contributed by atoms with van der Waals surface area (Å²) in [5.41, 5.74) is 0.540. The van der Waals surface area contributed by atoms with E-state index in [0.29, 0.717) is 11.5 Å². The van der Waals surface area contributed by atoms with Gasteiger partial charge in [0.1, 0.15) is 0 Å². The number of ether oxygens (including phenoxy) is 1. The Labute approximate surface area is 50.0 Å². The fraction of sp³-hybridized carbons (Fsp3) is 1.00. The first-order chi connectivity index (χ1) is 3.73. The molecule has 0 spiro atoms. The molecule has 0 bridgehead atoms. The molecule has 1 aliphatic carbocycles. The van der Waals surface area contributed by atoms with Crippen LogP contribution in [0.5, 0.6) is 0 Å². The average Bonchev–Trinajstić information content (AvgIpc) is 2.22. The van der Waals surface area contributed by atoms with Crippen molar-refractivity contribution in [3.8, 4) is 0 Å². The molecule has 0 aromatic carbocycles. The molecule has 1 heteroatoms. The Kier molecular flexibility index (Phi) is 0.663. The van der Waals surface area contributed by atoms with Crippen LogP contribution in [-0.2, 0) is 4.74 Å². The Morgan fingerprint density at radius 3 is 2.50 bits per heavy atom. The first-order valence-electron chi connectivity index (χ1n) is 3.34. The van der Waals surface area contributed by atoms with Crippen molar-refractivity contribution in [1.29, 1.82) is 0 Å². The van der Waals surface area contributed by atoms with Crippen molar-refractivity contribution >= 4 is 0 Å². The van der Waals surface area contributed by atoms with Gasteiger partial charge >= 0.3 is 0 Å². The van der Waals surface area contributed by atoms with Gasteiger partial charge in [0.25, 0.3) is 0 Å². The summed E-state index contributed by atoms with van der Waals surface area (Å²) in [5.74, 6) is 0.905. The lowest BCUT2D eigenvalue weighted by Gasteiger charge is -2.05. The van der Waals surface area contributed by atoms with Crippen molar-refractivity contribution in [1.82, 2.24) is 0 Å². The lowest BCUT2D eigenvalue weighted by molar-refractivity contribution is 0.118. The summed E-state index contributed by atoms with van der Waals surface area (Å²) in [6, 6.07) is 0. The van der Waals surface area contributed by atoms with Crippen molar-refractivity contribution < 1.29 is 4.74 Å². The van der Waals surface area contributed by atoms with Crippen LogP contribution in [0.25, 0.3) is 0 Å². The van der Waals surface area contributed by atoms with Gasteiger partial charge in [0.15, 0.2) is 0 Å². The van der Waals surface area contributed by atoms with Crippen LogP contribution >= 0.6 is 0 Å². The molecule has 1 aliphatic heterocycles. The third-order valence-electron chi connectivity index (χ3n) is 2.67. The van der Waals surface area contributed by atoms with Gasteiger partial charge in [-0.05, 0) is 17.8 Å². The van der Waals surface area contributed by atoms with Crippen molar-refractivity contribution in [2.24, 2.45) is 11.3 Å². The van der Waals surface area contributed by atoms with Gasteiger partial charge in [-0.25, -0.2) is 0 Å². The third-order valence-corrected chi connectivity index (χ3v) is 2.67. The highest BCUT2D eigenvalue weighted by molar-refractivity contribution is 5.09. The van der Waals surface area contributed by atoms with Crippen LogP contribution in [0.15, 0.2) is 0 Å². The van der Waals surface area contributed by atoms with Gasteiger partial charge in [-0.1, -0.05) is 13.8 Å². The summed E-state index contributed by atoms with van der Waals surface area (Å²) in [7, 11) is 0. The quantitative estimate of drug-likeness (QED) is 0.460. The number of rotatable bonds is 0. The van der Waals surface area contributed by atoms with Gasteiger partial charge in [-0.2, -0.15) is 0 Å². The van der Waals surface area contributed by atoms with Gasteiger partial charge in [0, 0.05) is 6.61 Å². The summed E-state index contributed by atoms with van der Waals surface area (Å²) in [5, 5.41) is 0. The van der Waals surface area contributed by atoms with Crippen LogP contribution < -0.4 is 0 Å². The van der Waals surface area contributed by atoms with E-state index in [1.165, 1.54) is 6.42 Å². The largest absolute Gasteiger partial charge is 0.377 e. The standard InChI is InChI=1S/C7H12O/c1-7(2)5-3-4-8-6(5)7/h5-6H,3-4H2,1-2H3/t5-,6-/m1/s1. The van der Waals surface area contributed by atoms with Crippen molar-refractivity contribution in [3.05, 3.63) is 0 Å². The molecular weight excluding hydrogens is 100 g/mol. The van der Waals surface area contributed by atoms with E-state index in [-0.39, 0.29) is 0 Å². The van der Waals surface area contributed by atoms with E-state index >= 15 is 0 Å². The number of fused-ring (bicyclic) bond motifs is 1. The summed E-state index contributed by atoms with van der Waals surface area (Å²) in [6.45, 7) is 5.60. The molecule has 0 N–H and O–H groups in total. The molecular formula is C7H12O. The van der Waals surface area contributed by atoms with E-state index in [0.717, 1.165) is 12.5 Å². The second kappa shape index (κ2) is 1.10. The van der Waals surface area contributed by atoms with Gasteiger partial charge in [0.2, 0.25) is 0 Å². The van der Waals surface area contributed by atoms with Crippen LogP contribution in [-0.4, -0.2) is 12.7 Å². The van der Waals surface area contributed by atoms with E-state index in [1.807, 2.05) is 0 Å². The minimum atomic E-state index is 0.540. The fourth-order valence-corrected chi connectivity index (χ4v) is 1.87. The van der Waals surface area contributed by atoms with Gasteiger partial charge in [-0.15, -0.1) is 0 Å². The van der Waals surface area contributed by atoms with Crippen LogP contribution in [0.2, 0.25) is 0 Å². The van der Waals surface area contributed by atoms with E-state index < -0.39 is 0 Å². The van der Waals surface area contributed by atoms with Gasteiger partial charge in [0.05, 0.1) is 6.10 Å². The van der Waals surface area contributed by atoms with Gasteiger partial charge < -0.3 is 4.74 Å². The number of hydrogen-bond acceptors (Lipinski definition) is 1. The maximum Gasteiger partial charge on any atom is 0.0664 e. The maximum atomic E-state index is 5.44. The molecule has 0 radical (unpaired) electrons. The predicted molar refractivity (Wildman–Crippen MR) is 31.6 cm³/mol. The monoisotopic (exact) mass is 112 g/mol. The molecule has 1 heterocycles. The Balaban J connectivity index is 2.13. The Hall–Kier alpha value is -0.0400. The minimum absolute atomic E-state index is 0.540. The molecule has 0 unspecified atom stereocenters. The fourth-order valence-electron chi connectivity index (χ4n) is 1.87. The molecule has 0 aromatic rings. The van der Waals surface area contributed by atoms with E-state index in [1.54, 1.807) is 0 Å². The minimum Gasteiger partial charge on any atom is -0.377 e. The molecule has 46 valence electrons. The first-order valence-corrected chi connectivity index (χ1v) is 3.34. The highest BCUT2D eigenvalue weighted by atomic mass is 16.5. The molecule has 0 amide bonds. The molecule has 2 rings (SSSR count). The van der Waals surface area contributed by atoms with E-state index in [2.05, 4.69) is 13.8 Å². The maximum absolute atomic E-state index is 5.44. The highest BCUT2D eigenvalue weighted by Gasteiger charge is 2.61. The summed E-state index contributed by atoms with van der Waals surface area (Å²) < 4.78 is 5.44. The molecule has 2 fully saturated rings. The van der Waals surface area contributed by atoms with Crippen LogP contribution in [0, 0.1) is 11.3 Å². The van der Waals surface area contributed by atoms with Crippen molar-refractivity contribution in [2.75, 3.05) is 6.61 Å². The molecule has 2 atom stereocenters. The van der Waals surface area contributed by atoms with E-state index in [4.69, 9.17) is 4.74 Å². The average molecular weight is 112 g/mol. The second-order valence-corrected chi connectivity index (χ2v) is 3.51. The summed E-state index contributed by atoms with van der Waals surface area (Å²) in [6.07, 6.45) is 1.93. The van der Waals surface area contributed by atoms with Crippen molar-refractivity contribution in [2.45, 2.75) is 26.4 Å². The molecule has 2 aliphatic rings. The zero-order valence-corrected chi connectivity index (χ0v) is 5.48. The zero-order valence-electron chi connectivity index (χ0n) is 5.48. The second-order valence-electron chi connectivity index (χ2n) is 3.51. The first kappa shape index (κ1) is 4.80. The van der Waals surface area contributed by atoms with E-state index in [9.17, 15) is 0 Å². The summed E-state index contributed by atoms with van der Waals surface area (Å²) in [4.78, 5) is 0.